The van der Waals surface area contributed by atoms with Crippen molar-refractivity contribution in [3.05, 3.63) is 59.7 Å². The van der Waals surface area contributed by atoms with E-state index in [-0.39, 0.29) is 24.1 Å². The van der Waals surface area contributed by atoms with Crippen LogP contribution in [0.4, 0.5) is 20.2 Å². The molecule has 3 rings (SSSR count). The van der Waals surface area contributed by atoms with Crippen molar-refractivity contribution in [2.75, 3.05) is 16.8 Å². The second-order valence-corrected chi connectivity index (χ2v) is 5.60. The average Bonchev–Trinajstić information content (AvgIpc) is 2.56. The van der Waals surface area contributed by atoms with E-state index >= 15 is 0 Å². The van der Waals surface area contributed by atoms with Crippen molar-refractivity contribution in [3.8, 4) is 0 Å². The molecule has 1 atom stereocenters. The van der Waals surface area contributed by atoms with Crippen molar-refractivity contribution >= 4 is 23.2 Å². The Labute approximate surface area is 138 Å². The molecule has 0 aliphatic carbocycles. The molecule has 2 aromatic rings. The standard InChI is InChI=1S/C18H16F2N2O2/c1-2-22(13-6-3-11(19)4-7-13)18(24)15-10-17(23)21-16-9-12(20)5-8-14(15)16/h3-9,15H,2,10H2,1H3,(H,21,23)/t15-/m0/s1. The van der Waals surface area contributed by atoms with E-state index in [1.54, 1.807) is 6.92 Å². The molecule has 1 aliphatic heterocycles. The topological polar surface area (TPSA) is 49.4 Å². The summed E-state index contributed by atoms with van der Waals surface area (Å²) in [5.41, 5.74) is 1.46. The van der Waals surface area contributed by atoms with E-state index in [4.69, 9.17) is 0 Å². The van der Waals surface area contributed by atoms with E-state index in [0.717, 1.165) is 0 Å². The van der Waals surface area contributed by atoms with Crippen molar-refractivity contribution in [2.45, 2.75) is 19.3 Å². The first-order valence-corrected chi connectivity index (χ1v) is 7.66. The fourth-order valence-electron chi connectivity index (χ4n) is 2.93. The van der Waals surface area contributed by atoms with Gasteiger partial charge < -0.3 is 10.2 Å². The van der Waals surface area contributed by atoms with E-state index in [0.29, 0.717) is 23.5 Å². The summed E-state index contributed by atoms with van der Waals surface area (Å²) in [5, 5.41) is 2.59. The molecule has 0 bridgehead atoms. The van der Waals surface area contributed by atoms with Gasteiger partial charge >= 0.3 is 0 Å². The number of nitrogens with zero attached hydrogens (tertiary/aromatic N) is 1. The molecule has 0 unspecified atom stereocenters. The maximum absolute atomic E-state index is 13.4. The van der Waals surface area contributed by atoms with E-state index in [9.17, 15) is 18.4 Å². The summed E-state index contributed by atoms with van der Waals surface area (Å²) in [5.74, 6) is -2.17. The summed E-state index contributed by atoms with van der Waals surface area (Å²) in [7, 11) is 0. The number of carbonyl (C=O) groups is 2. The molecule has 1 heterocycles. The van der Waals surface area contributed by atoms with Gasteiger partial charge in [0.1, 0.15) is 11.6 Å². The second kappa shape index (κ2) is 6.39. The fraction of sp³-hybridized carbons (Fsp3) is 0.222. The molecular weight excluding hydrogens is 314 g/mol. The minimum absolute atomic E-state index is 0.00480. The number of fused-ring (bicyclic) bond motifs is 1. The Kier molecular flexibility index (Phi) is 4.29. The number of amides is 2. The lowest BCUT2D eigenvalue weighted by atomic mass is 9.89. The van der Waals surface area contributed by atoms with E-state index in [1.165, 1.54) is 47.4 Å². The molecule has 0 saturated carbocycles. The minimum Gasteiger partial charge on any atom is -0.326 e. The summed E-state index contributed by atoms with van der Waals surface area (Å²) in [4.78, 5) is 26.4. The van der Waals surface area contributed by atoms with Gasteiger partial charge in [-0.05, 0) is 48.9 Å². The van der Waals surface area contributed by atoms with Crippen LogP contribution in [0.3, 0.4) is 0 Å². The zero-order valence-corrected chi connectivity index (χ0v) is 13.1. The van der Waals surface area contributed by atoms with Crippen LogP contribution in [0.1, 0.15) is 24.8 Å². The van der Waals surface area contributed by atoms with Gasteiger partial charge in [0.15, 0.2) is 0 Å². The second-order valence-electron chi connectivity index (χ2n) is 5.60. The summed E-state index contributed by atoms with van der Waals surface area (Å²) < 4.78 is 26.5. The molecule has 2 aromatic carbocycles. The molecule has 2 amide bonds. The van der Waals surface area contributed by atoms with Gasteiger partial charge in [0.2, 0.25) is 11.8 Å². The Morgan fingerprint density at radius 2 is 1.83 bits per heavy atom. The molecule has 0 fully saturated rings. The number of hydrogen-bond acceptors (Lipinski definition) is 2. The van der Waals surface area contributed by atoms with Crippen LogP contribution in [0.15, 0.2) is 42.5 Å². The summed E-state index contributed by atoms with van der Waals surface area (Å²) in [6.45, 7) is 2.18. The van der Waals surface area contributed by atoms with Crippen LogP contribution in [0, 0.1) is 11.6 Å². The highest BCUT2D eigenvalue weighted by Crippen LogP contribution is 2.35. The van der Waals surface area contributed by atoms with Crippen LogP contribution in [0.2, 0.25) is 0 Å². The Balaban J connectivity index is 1.96. The number of hydrogen-bond donors (Lipinski definition) is 1. The molecule has 24 heavy (non-hydrogen) atoms. The monoisotopic (exact) mass is 330 g/mol. The molecule has 0 radical (unpaired) electrons. The molecule has 1 aliphatic rings. The van der Waals surface area contributed by atoms with Gasteiger partial charge in [0, 0.05) is 24.3 Å². The third-order valence-corrected chi connectivity index (χ3v) is 4.07. The molecular formula is C18H16F2N2O2. The Hall–Kier alpha value is -2.76. The highest BCUT2D eigenvalue weighted by atomic mass is 19.1. The van der Waals surface area contributed by atoms with E-state index in [1.807, 2.05) is 0 Å². The normalized spacial score (nSPS) is 16.3. The van der Waals surface area contributed by atoms with Gasteiger partial charge in [0.25, 0.3) is 0 Å². The quantitative estimate of drug-likeness (QED) is 0.937. The maximum atomic E-state index is 13.4. The van der Waals surface area contributed by atoms with Gasteiger partial charge in [-0.3, -0.25) is 9.59 Å². The highest BCUT2D eigenvalue weighted by Gasteiger charge is 2.33. The van der Waals surface area contributed by atoms with Crippen LogP contribution in [0.25, 0.3) is 0 Å². The number of likely N-dealkylation sites (N-methyl/N-ethyl adjacent to an activating group) is 1. The lowest BCUT2D eigenvalue weighted by molar-refractivity contribution is -0.124. The minimum atomic E-state index is -0.695. The average molecular weight is 330 g/mol. The lowest BCUT2D eigenvalue weighted by Gasteiger charge is -2.30. The number of halogens is 2. The number of nitrogens with one attached hydrogen (secondary N) is 1. The van der Waals surface area contributed by atoms with Gasteiger partial charge in [-0.25, -0.2) is 8.78 Å². The van der Waals surface area contributed by atoms with Crippen molar-refractivity contribution in [1.29, 1.82) is 0 Å². The molecule has 124 valence electrons. The van der Waals surface area contributed by atoms with Crippen LogP contribution in [0.5, 0.6) is 0 Å². The van der Waals surface area contributed by atoms with Crippen molar-refractivity contribution < 1.29 is 18.4 Å². The Morgan fingerprint density at radius 3 is 2.50 bits per heavy atom. The third kappa shape index (κ3) is 2.99. The van der Waals surface area contributed by atoms with Crippen molar-refractivity contribution in [2.24, 2.45) is 0 Å². The van der Waals surface area contributed by atoms with Gasteiger partial charge in [0.05, 0.1) is 5.92 Å². The molecule has 0 aromatic heterocycles. The van der Waals surface area contributed by atoms with Crippen molar-refractivity contribution in [3.63, 3.8) is 0 Å². The summed E-state index contributed by atoms with van der Waals surface area (Å²) in [6.07, 6.45) is -0.00480. The summed E-state index contributed by atoms with van der Waals surface area (Å²) in [6, 6.07) is 9.59. The Morgan fingerprint density at radius 1 is 1.17 bits per heavy atom. The molecule has 1 N–H and O–H groups in total. The molecule has 0 spiro atoms. The van der Waals surface area contributed by atoms with Crippen LogP contribution >= 0.6 is 0 Å². The maximum Gasteiger partial charge on any atom is 0.235 e. The number of benzene rings is 2. The zero-order chi connectivity index (χ0) is 17.3. The molecule has 0 saturated heterocycles. The highest BCUT2D eigenvalue weighted by molar-refractivity contribution is 6.06. The molecule has 6 heteroatoms. The van der Waals surface area contributed by atoms with E-state index in [2.05, 4.69) is 5.32 Å². The largest absolute Gasteiger partial charge is 0.326 e. The third-order valence-electron chi connectivity index (χ3n) is 4.07. The van der Waals surface area contributed by atoms with E-state index < -0.39 is 11.7 Å². The van der Waals surface area contributed by atoms with Gasteiger partial charge in [-0.2, -0.15) is 0 Å². The number of rotatable bonds is 3. The zero-order valence-electron chi connectivity index (χ0n) is 13.1. The van der Waals surface area contributed by atoms with Crippen LogP contribution < -0.4 is 10.2 Å². The SMILES string of the molecule is CCN(C(=O)[C@H]1CC(=O)Nc2cc(F)ccc21)c1ccc(F)cc1. The number of carbonyl (C=O) groups excluding carboxylic acids is 2. The fourth-order valence-corrected chi connectivity index (χ4v) is 2.93. The Bertz CT molecular complexity index is 790. The summed E-state index contributed by atoms with van der Waals surface area (Å²) >= 11 is 0. The first kappa shape index (κ1) is 16.1. The van der Waals surface area contributed by atoms with Crippen molar-refractivity contribution in [1.82, 2.24) is 0 Å². The number of anilines is 2. The smallest absolute Gasteiger partial charge is 0.235 e. The predicted molar refractivity (Wildman–Crippen MR) is 86.8 cm³/mol. The predicted octanol–water partition coefficient (Wildman–Crippen LogP) is 3.44. The van der Waals surface area contributed by atoms with Crippen LogP contribution in [-0.2, 0) is 9.59 Å². The first-order valence-electron chi connectivity index (χ1n) is 7.66. The first-order chi connectivity index (χ1) is 11.5. The lowest BCUT2D eigenvalue weighted by Crippen LogP contribution is -2.38. The van der Waals surface area contributed by atoms with Crippen LogP contribution in [-0.4, -0.2) is 18.4 Å². The van der Waals surface area contributed by atoms with Gasteiger partial charge in [-0.15, -0.1) is 0 Å². The van der Waals surface area contributed by atoms with Gasteiger partial charge in [-0.1, -0.05) is 6.07 Å². The molecule has 4 nitrogen and oxygen atoms in total.